The van der Waals surface area contributed by atoms with Crippen LogP contribution in [-0.4, -0.2) is 22.1 Å². The van der Waals surface area contributed by atoms with Crippen molar-refractivity contribution < 1.29 is 22.4 Å². The lowest BCUT2D eigenvalue weighted by molar-refractivity contribution is -0.156. The van der Waals surface area contributed by atoms with Gasteiger partial charge in [-0.15, -0.1) is 0 Å². The van der Waals surface area contributed by atoms with E-state index in [1.807, 2.05) is 5.32 Å². The molecular formula is C13H12F3N3O2. The Labute approximate surface area is 118 Å². The number of aryl methyl sites for hydroxylation is 1. The average Bonchev–Trinajstić information content (AvgIpc) is 2.92. The largest absolute Gasteiger partial charge is 0.448 e. The first-order valence-corrected chi connectivity index (χ1v) is 6.14. The molecule has 0 aliphatic rings. The lowest BCUT2D eigenvalue weighted by Crippen LogP contribution is -2.39. The van der Waals surface area contributed by atoms with Gasteiger partial charge in [0.2, 0.25) is 0 Å². The highest BCUT2D eigenvalue weighted by Crippen LogP contribution is 2.31. The second-order valence-corrected chi connectivity index (χ2v) is 4.18. The van der Waals surface area contributed by atoms with Crippen molar-refractivity contribution in [2.75, 3.05) is 0 Å². The van der Waals surface area contributed by atoms with Crippen LogP contribution < -0.4 is 5.32 Å². The number of halogens is 3. The standard InChI is InChI=1S/C13H12F3N3O2/c1-2-9-10(18-7-21-9)12(20)19-11(13(14,15)16)8-5-3-4-6-17-8/h3-7,11H,2H2,1H3,(H,19,20). The lowest BCUT2D eigenvalue weighted by Gasteiger charge is -2.20. The third kappa shape index (κ3) is 3.39. The third-order valence-electron chi connectivity index (χ3n) is 2.76. The Kier molecular flexibility index (Phi) is 4.25. The maximum absolute atomic E-state index is 13.1. The normalized spacial score (nSPS) is 13.0. The molecule has 2 heterocycles. The number of hydrogen-bond acceptors (Lipinski definition) is 4. The van der Waals surface area contributed by atoms with Crippen molar-refractivity contribution in [2.45, 2.75) is 25.6 Å². The summed E-state index contributed by atoms with van der Waals surface area (Å²) < 4.78 is 44.2. The molecule has 0 fully saturated rings. The van der Waals surface area contributed by atoms with E-state index < -0.39 is 18.1 Å². The Morgan fingerprint density at radius 3 is 2.71 bits per heavy atom. The monoisotopic (exact) mass is 299 g/mol. The summed E-state index contributed by atoms with van der Waals surface area (Å²) in [5, 5.41) is 1.90. The van der Waals surface area contributed by atoms with Crippen LogP contribution in [0.5, 0.6) is 0 Å². The summed E-state index contributed by atoms with van der Waals surface area (Å²) in [5.41, 5.74) is -0.442. The number of carbonyl (C=O) groups excluding carboxylic acids is 1. The van der Waals surface area contributed by atoms with Gasteiger partial charge in [-0.2, -0.15) is 13.2 Å². The number of alkyl halides is 3. The second kappa shape index (κ2) is 5.94. The average molecular weight is 299 g/mol. The highest BCUT2D eigenvalue weighted by Gasteiger charge is 2.43. The first-order chi connectivity index (χ1) is 9.93. The number of rotatable bonds is 4. The van der Waals surface area contributed by atoms with E-state index in [1.165, 1.54) is 24.4 Å². The lowest BCUT2D eigenvalue weighted by atomic mass is 10.1. The fourth-order valence-corrected chi connectivity index (χ4v) is 1.78. The van der Waals surface area contributed by atoms with Gasteiger partial charge in [0.25, 0.3) is 5.91 Å². The van der Waals surface area contributed by atoms with Crippen molar-refractivity contribution >= 4 is 5.91 Å². The Bertz CT molecular complexity index is 611. The first kappa shape index (κ1) is 15.0. The molecule has 0 bridgehead atoms. The minimum Gasteiger partial charge on any atom is -0.448 e. The minimum atomic E-state index is -4.67. The van der Waals surface area contributed by atoms with Crippen molar-refractivity contribution in [3.63, 3.8) is 0 Å². The van der Waals surface area contributed by atoms with Crippen LogP contribution in [0.2, 0.25) is 0 Å². The predicted octanol–water partition coefficient (Wildman–Crippen LogP) is 2.67. The SMILES string of the molecule is CCc1ocnc1C(=O)NC(c1ccccn1)C(F)(F)F. The van der Waals surface area contributed by atoms with E-state index in [0.717, 1.165) is 6.39 Å². The van der Waals surface area contributed by atoms with E-state index in [9.17, 15) is 18.0 Å². The summed E-state index contributed by atoms with van der Waals surface area (Å²) in [4.78, 5) is 19.2. The van der Waals surface area contributed by atoms with Gasteiger partial charge in [0.15, 0.2) is 18.1 Å². The zero-order chi connectivity index (χ0) is 15.5. The van der Waals surface area contributed by atoms with Gasteiger partial charge in [0.05, 0.1) is 5.69 Å². The van der Waals surface area contributed by atoms with Crippen molar-refractivity contribution in [1.82, 2.24) is 15.3 Å². The molecule has 1 atom stereocenters. The van der Waals surface area contributed by atoms with Gasteiger partial charge in [-0.3, -0.25) is 9.78 Å². The molecule has 1 unspecified atom stereocenters. The molecular weight excluding hydrogens is 287 g/mol. The molecule has 21 heavy (non-hydrogen) atoms. The highest BCUT2D eigenvalue weighted by molar-refractivity contribution is 5.93. The number of pyridine rings is 1. The van der Waals surface area contributed by atoms with Crippen LogP contribution >= 0.6 is 0 Å². The van der Waals surface area contributed by atoms with E-state index in [1.54, 1.807) is 6.92 Å². The van der Waals surface area contributed by atoms with Crippen LogP contribution in [-0.2, 0) is 6.42 Å². The number of nitrogens with one attached hydrogen (secondary N) is 1. The molecule has 0 spiro atoms. The second-order valence-electron chi connectivity index (χ2n) is 4.18. The van der Waals surface area contributed by atoms with Crippen LogP contribution in [0.4, 0.5) is 13.2 Å². The van der Waals surface area contributed by atoms with Crippen LogP contribution in [0.25, 0.3) is 0 Å². The van der Waals surface area contributed by atoms with Crippen LogP contribution in [0.3, 0.4) is 0 Å². The van der Waals surface area contributed by atoms with Crippen LogP contribution in [0, 0.1) is 0 Å². The molecule has 2 aromatic rings. The fourth-order valence-electron chi connectivity index (χ4n) is 1.78. The quantitative estimate of drug-likeness (QED) is 0.942. The smallest absolute Gasteiger partial charge is 0.414 e. The molecule has 112 valence electrons. The van der Waals surface area contributed by atoms with Gasteiger partial charge in [0, 0.05) is 12.6 Å². The molecule has 1 N–H and O–H groups in total. The molecule has 8 heteroatoms. The van der Waals surface area contributed by atoms with Crippen molar-refractivity contribution in [3.8, 4) is 0 Å². The summed E-state index contributed by atoms with van der Waals surface area (Å²) in [5.74, 6) is -0.719. The minimum absolute atomic E-state index is 0.150. The Morgan fingerprint density at radius 1 is 1.38 bits per heavy atom. The number of hydrogen-bond donors (Lipinski definition) is 1. The van der Waals surface area contributed by atoms with Crippen LogP contribution in [0.15, 0.2) is 35.2 Å². The molecule has 0 saturated heterocycles. The van der Waals surface area contributed by atoms with Crippen LogP contribution in [0.1, 0.15) is 34.9 Å². The van der Waals surface area contributed by atoms with E-state index in [-0.39, 0.29) is 17.1 Å². The van der Waals surface area contributed by atoms with Gasteiger partial charge in [-0.1, -0.05) is 13.0 Å². The number of aromatic nitrogens is 2. The maximum Gasteiger partial charge on any atom is 0.414 e. The number of carbonyl (C=O) groups is 1. The summed E-state index contributed by atoms with van der Waals surface area (Å²) in [6, 6.07) is 1.90. The van der Waals surface area contributed by atoms with E-state index in [0.29, 0.717) is 6.42 Å². The highest BCUT2D eigenvalue weighted by atomic mass is 19.4. The molecule has 0 radical (unpaired) electrons. The van der Waals surface area contributed by atoms with Gasteiger partial charge < -0.3 is 9.73 Å². The first-order valence-electron chi connectivity index (χ1n) is 6.14. The summed E-state index contributed by atoms with van der Waals surface area (Å²) in [7, 11) is 0. The predicted molar refractivity (Wildman–Crippen MR) is 66.4 cm³/mol. The van der Waals surface area contributed by atoms with Crippen molar-refractivity contribution in [2.24, 2.45) is 0 Å². The van der Waals surface area contributed by atoms with Crippen molar-refractivity contribution in [3.05, 3.63) is 47.9 Å². The fraction of sp³-hybridized carbons (Fsp3) is 0.308. The molecule has 0 aliphatic carbocycles. The zero-order valence-corrected chi connectivity index (χ0v) is 11.0. The van der Waals surface area contributed by atoms with Gasteiger partial charge in [-0.25, -0.2) is 4.98 Å². The molecule has 2 rings (SSSR count). The molecule has 0 aromatic carbocycles. The Balaban J connectivity index is 2.26. The van der Waals surface area contributed by atoms with Gasteiger partial charge >= 0.3 is 6.18 Å². The maximum atomic E-state index is 13.1. The molecule has 1 amide bonds. The number of oxazole rings is 1. The summed E-state index contributed by atoms with van der Waals surface area (Å²) >= 11 is 0. The van der Waals surface area contributed by atoms with E-state index >= 15 is 0 Å². The summed E-state index contributed by atoms with van der Waals surface area (Å²) in [6.45, 7) is 1.71. The molecule has 0 aliphatic heterocycles. The van der Waals surface area contributed by atoms with E-state index in [4.69, 9.17) is 4.42 Å². The molecule has 2 aromatic heterocycles. The van der Waals surface area contributed by atoms with Crippen molar-refractivity contribution in [1.29, 1.82) is 0 Å². The summed E-state index contributed by atoms with van der Waals surface area (Å²) in [6.07, 6.45) is -2.06. The van der Waals surface area contributed by atoms with Gasteiger partial charge in [-0.05, 0) is 12.1 Å². The van der Waals surface area contributed by atoms with E-state index in [2.05, 4.69) is 9.97 Å². The van der Waals surface area contributed by atoms with Gasteiger partial charge in [0.1, 0.15) is 5.76 Å². The Hall–Kier alpha value is -2.38. The third-order valence-corrected chi connectivity index (χ3v) is 2.76. The Morgan fingerprint density at radius 2 is 2.14 bits per heavy atom. The number of nitrogens with zero attached hydrogens (tertiary/aromatic N) is 2. The topological polar surface area (TPSA) is 68.0 Å². The number of amides is 1. The zero-order valence-electron chi connectivity index (χ0n) is 11.0. The molecule has 0 saturated carbocycles. The molecule has 5 nitrogen and oxygen atoms in total.